The Labute approximate surface area is 160 Å². The second-order valence-electron chi connectivity index (χ2n) is 7.35. The summed E-state index contributed by atoms with van der Waals surface area (Å²) in [6.07, 6.45) is 7.94. The van der Waals surface area contributed by atoms with E-state index < -0.39 is 24.2 Å². The molecule has 0 amide bonds. The van der Waals surface area contributed by atoms with Crippen LogP contribution < -0.4 is 0 Å². The Balaban J connectivity index is 2.02. The summed E-state index contributed by atoms with van der Waals surface area (Å²) in [5, 5.41) is 0. The highest BCUT2D eigenvalue weighted by molar-refractivity contribution is 5.82. The molecule has 1 saturated heterocycles. The standard InChI is InChI=1S/C20H33F3O4/c1-2-3-4-5-6-7-8-9-10-11-12-13-16-14-15-17(18(24)26-16)27-19(25)20(21,22)23/h16-17H,2-15H2,1H3. The molecule has 0 saturated carbocycles. The van der Waals surface area contributed by atoms with Crippen LogP contribution in [-0.4, -0.2) is 30.3 Å². The van der Waals surface area contributed by atoms with E-state index in [-0.39, 0.29) is 12.5 Å². The van der Waals surface area contributed by atoms with Crippen molar-refractivity contribution in [3.8, 4) is 0 Å². The van der Waals surface area contributed by atoms with Crippen LogP contribution in [0, 0.1) is 0 Å². The van der Waals surface area contributed by atoms with Crippen molar-refractivity contribution in [2.45, 2.75) is 115 Å². The minimum atomic E-state index is -5.09. The van der Waals surface area contributed by atoms with Gasteiger partial charge in [0, 0.05) is 0 Å². The number of hydrogen-bond acceptors (Lipinski definition) is 4. The molecule has 2 atom stereocenters. The molecule has 0 radical (unpaired) electrons. The molecule has 1 aliphatic rings. The number of carbonyl (C=O) groups excluding carboxylic acids is 2. The Hall–Kier alpha value is -1.27. The van der Waals surface area contributed by atoms with Gasteiger partial charge in [0.25, 0.3) is 0 Å². The van der Waals surface area contributed by atoms with E-state index in [1.165, 1.54) is 51.4 Å². The average molecular weight is 394 g/mol. The van der Waals surface area contributed by atoms with Gasteiger partial charge in [-0.05, 0) is 25.7 Å². The lowest BCUT2D eigenvalue weighted by molar-refractivity contribution is -0.212. The molecule has 0 aromatic carbocycles. The van der Waals surface area contributed by atoms with Crippen molar-refractivity contribution in [1.29, 1.82) is 0 Å². The summed E-state index contributed by atoms with van der Waals surface area (Å²) in [7, 11) is 0. The molecule has 0 spiro atoms. The zero-order valence-electron chi connectivity index (χ0n) is 16.3. The van der Waals surface area contributed by atoms with Crippen molar-refractivity contribution < 1.29 is 32.2 Å². The summed E-state index contributed by atoms with van der Waals surface area (Å²) in [6.45, 7) is 2.22. The maximum Gasteiger partial charge on any atom is 0.490 e. The van der Waals surface area contributed by atoms with Crippen LogP contribution in [0.15, 0.2) is 0 Å². The van der Waals surface area contributed by atoms with Crippen LogP contribution in [0.4, 0.5) is 13.2 Å². The fourth-order valence-corrected chi connectivity index (χ4v) is 3.30. The first-order chi connectivity index (χ1) is 12.8. The molecule has 0 bridgehead atoms. The summed E-state index contributed by atoms with van der Waals surface area (Å²) in [5.41, 5.74) is 0. The Bertz CT molecular complexity index is 437. The van der Waals surface area contributed by atoms with Gasteiger partial charge in [0.2, 0.25) is 0 Å². The lowest BCUT2D eigenvalue weighted by Crippen LogP contribution is -2.40. The first-order valence-electron chi connectivity index (χ1n) is 10.3. The molecule has 0 aromatic rings. The first-order valence-corrected chi connectivity index (χ1v) is 10.3. The summed E-state index contributed by atoms with van der Waals surface area (Å²) < 4.78 is 45.8. The van der Waals surface area contributed by atoms with Crippen LogP contribution in [0.25, 0.3) is 0 Å². The number of ether oxygens (including phenoxy) is 2. The zero-order chi connectivity index (χ0) is 20.1. The third-order valence-electron chi connectivity index (χ3n) is 4.91. The minimum Gasteiger partial charge on any atom is -0.460 e. The Morgan fingerprint density at radius 2 is 1.48 bits per heavy atom. The number of alkyl halides is 3. The van der Waals surface area contributed by atoms with E-state index in [0.29, 0.717) is 12.8 Å². The quantitative estimate of drug-likeness (QED) is 0.290. The second-order valence-corrected chi connectivity index (χ2v) is 7.35. The fourth-order valence-electron chi connectivity index (χ4n) is 3.30. The highest BCUT2D eigenvalue weighted by Gasteiger charge is 2.44. The molecule has 2 unspecified atom stereocenters. The van der Waals surface area contributed by atoms with Crippen LogP contribution in [0.1, 0.15) is 96.8 Å². The maximum absolute atomic E-state index is 12.2. The zero-order valence-corrected chi connectivity index (χ0v) is 16.3. The van der Waals surface area contributed by atoms with Crippen molar-refractivity contribution in [2.75, 3.05) is 0 Å². The number of unbranched alkanes of at least 4 members (excludes halogenated alkanes) is 10. The second kappa shape index (κ2) is 13.0. The highest BCUT2D eigenvalue weighted by Crippen LogP contribution is 2.25. The molecule has 4 nitrogen and oxygen atoms in total. The predicted octanol–water partition coefficient (Wildman–Crippen LogP) is 5.87. The predicted molar refractivity (Wildman–Crippen MR) is 96.1 cm³/mol. The maximum atomic E-state index is 12.2. The largest absolute Gasteiger partial charge is 0.490 e. The summed E-state index contributed by atoms with van der Waals surface area (Å²) in [5.74, 6) is -3.21. The van der Waals surface area contributed by atoms with Crippen LogP contribution in [-0.2, 0) is 19.1 Å². The third kappa shape index (κ3) is 10.6. The Morgan fingerprint density at radius 1 is 0.963 bits per heavy atom. The Kier molecular flexibility index (Phi) is 11.4. The number of hydrogen-bond donors (Lipinski definition) is 0. The van der Waals surface area contributed by atoms with Crippen LogP contribution >= 0.6 is 0 Å². The summed E-state index contributed by atoms with van der Waals surface area (Å²) in [6, 6.07) is 0. The van der Waals surface area contributed by atoms with Gasteiger partial charge in [-0.25, -0.2) is 9.59 Å². The summed E-state index contributed by atoms with van der Waals surface area (Å²) >= 11 is 0. The minimum absolute atomic E-state index is 0.0867. The Morgan fingerprint density at radius 3 is 1.96 bits per heavy atom. The van der Waals surface area contributed by atoms with Gasteiger partial charge in [-0.1, -0.05) is 71.1 Å². The first kappa shape index (κ1) is 23.8. The van der Waals surface area contributed by atoms with Gasteiger partial charge >= 0.3 is 18.1 Å². The van der Waals surface area contributed by atoms with E-state index in [1.54, 1.807) is 0 Å². The van der Waals surface area contributed by atoms with Crippen LogP contribution in [0.3, 0.4) is 0 Å². The molecular formula is C20H33F3O4. The molecule has 0 aromatic heterocycles. The monoisotopic (exact) mass is 394 g/mol. The van der Waals surface area contributed by atoms with Gasteiger partial charge in [0.05, 0.1) is 0 Å². The molecule has 7 heteroatoms. The highest BCUT2D eigenvalue weighted by atomic mass is 19.4. The lowest BCUT2D eigenvalue weighted by atomic mass is 10.00. The van der Waals surface area contributed by atoms with Gasteiger partial charge in [0.1, 0.15) is 6.10 Å². The van der Waals surface area contributed by atoms with Gasteiger partial charge in [0.15, 0.2) is 6.10 Å². The molecule has 1 heterocycles. The van der Waals surface area contributed by atoms with Crippen molar-refractivity contribution in [3.05, 3.63) is 0 Å². The molecule has 0 aliphatic carbocycles. The van der Waals surface area contributed by atoms with Crippen molar-refractivity contribution in [2.24, 2.45) is 0 Å². The normalized spacial score (nSPS) is 20.4. The van der Waals surface area contributed by atoms with E-state index >= 15 is 0 Å². The van der Waals surface area contributed by atoms with Crippen molar-refractivity contribution >= 4 is 11.9 Å². The molecule has 1 aliphatic heterocycles. The number of esters is 2. The molecule has 1 rings (SSSR count). The van der Waals surface area contributed by atoms with Gasteiger partial charge in [-0.2, -0.15) is 13.2 Å². The number of halogens is 3. The fraction of sp³-hybridized carbons (Fsp3) is 0.900. The van der Waals surface area contributed by atoms with Crippen molar-refractivity contribution in [3.63, 3.8) is 0 Å². The third-order valence-corrected chi connectivity index (χ3v) is 4.91. The smallest absolute Gasteiger partial charge is 0.460 e. The van der Waals surface area contributed by atoms with E-state index in [1.807, 2.05) is 0 Å². The SMILES string of the molecule is CCCCCCCCCCCCCC1CCC(OC(=O)C(F)(F)F)C(=O)O1. The van der Waals surface area contributed by atoms with Gasteiger partial charge in [-0.15, -0.1) is 0 Å². The summed E-state index contributed by atoms with van der Waals surface area (Å²) in [4.78, 5) is 22.5. The van der Waals surface area contributed by atoms with Crippen molar-refractivity contribution in [1.82, 2.24) is 0 Å². The topological polar surface area (TPSA) is 52.6 Å². The number of rotatable bonds is 13. The van der Waals surface area contributed by atoms with Gasteiger partial charge in [-0.3, -0.25) is 0 Å². The van der Waals surface area contributed by atoms with E-state index in [2.05, 4.69) is 11.7 Å². The number of carbonyl (C=O) groups is 2. The molecule has 1 fully saturated rings. The van der Waals surface area contributed by atoms with Crippen LogP contribution in [0.5, 0.6) is 0 Å². The van der Waals surface area contributed by atoms with E-state index in [4.69, 9.17) is 4.74 Å². The number of cyclic esters (lactones) is 1. The molecule has 27 heavy (non-hydrogen) atoms. The van der Waals surface area contributed by atoms with E-state index in [0.717, 1.165) is 19.3 Å². The molecular weight excluding hydrogens is 361 g/mol. The average Bonchev–Trinajstić information content (AvgIpc) is 2.61. The molecule has 158 valence electrons. The van der Waals surface area contributed by atoms with Crippen LogP contribution in [0.2, 0.25) is 0 Å². The molecule has 0 N–H and O–H groups in total. The van der Waals surface area contributed by atoms with Gasteiger partial charge < -0.3 is 9.47 Å². The van der Waals surface area contributed by atoms with E-state index in [9.17, 15) is 22.8 Å². The lowest BCUT2D eigenvalue weighted by Gasteiger charge is -2.28.